The second kappa shape index (κ2) is 7.08. The summed E-state index contributed by atoms with van der Waals surface area (Å²) >= 11 is 4.73. The molecule has 0 aliphatic heterocycles. The van der Waals surface area contributed by atoms with Gasteiger partial charge in [0, 0.05) is 5.69 Å². The molecule has 0 aliphatic carbocycles. The predicted molar refractivity (Wildman–Crippen MR) is 86.6 cm³/mol. The quantitative estimate of drug-likeness (QED) is 0.626. The molecule has 0 bridgehead atoms. The normalized spacial score (nSPS) is 12.1. The third-order valence-electron chi connectivity index (χ3n) is 2.40. The van der Waals surface area contributed by atoms with Crippen LogP contribution in [0.5, 0.6) is 0 Å². The van der Waals surface area contributed by atoms with Gasteiger partial charge < -0.3 is 26.2 Å². The molecule has 22 heavy (non-hydrogen) atoms. The first-order valence-electron chi connectivity index (χ1n) is 6.47. The van der Waals surface area contributed by atoms with Crippen molar-refractivity contribution in [1.82, 2.24) is 5.32 Å². The number of anilines is 1. The molecule has 1 atom stereocenters. The molecule has 120 valence electrons. The van der Waals surface area contributed by atoms with Gasteiger partial charge >= 0.3 is 12.1 Å². The summed E-state index contributed by atoms with van der Waals surface area (Å²) in [6.07, 6.45) is -0.812. The van der Waals surface area contributed by atoms with Gasteiger partial charge in [-0.05, 0) is 50.7 Å². The standard InChI is InChI=1S/C14H19N3O4S/c1-14(2,3)21-13(20)17-10(11(18)19)8-5-4-6-9(7-8)16-12(15)22/h4-7,10H,1-3H3,(H,17,20)(H,18,19)(H3,15,16,22). The van der Waals surface area contributed by atoms with Gasteiger partial charge in [0.15, 0.2) is 11.2 Å². The Morgan fingerprint density at radius 2 is 2.00 bits per heavy atom. The number of amides is 1. The molecule has 0 fully saturated rings. The number of aliphatic carboxylic acids is 1. The molecule has 0 saturated carbocycles. The highest BCUT2D eigenvalue weighted by atomic mass is 32.1. The van der Waals surface area contributed by atoms with Gasteiger partial charge in [0.25, 0.3) is 0 Å². The molecule has 7 nitrogen and oxygen atoms in total. The fourth-order valence-electron chi connectivity index (χ4n) is 1.65. The molecule has 0 saturated heterocycles. The monoisotopic (exact) mass is 325 g/mol. The first kappa shape index (κ1) is 17.7. The maximum absolute atomic E-state index is 11.8. The molecule has 1 rings (SSSR count). The number of carboxylic acids is 1. The predicted octanol–water partition coefficient (Wildman–Crippen LogP) is 1.99. The molecular formula is C14H19N3O4S. The molecular weight excluding hydrogens is 306 g/mol. The number of hydrogen-bond acceptors (Lipinski definition) is 4. The molecule has 1 amide bonds. The van der Waals surface area contributed by atoms with E-state index >= 15 is 0 Å². The van der Waals surface area contributed by atoms with Gasteiger partial charge in [0.05, 0.1) is 0 Å². The van der Waals surface area contributed by atoms with E-state index in [-0.39, 0.29) is 5.11 Å². The van der Waals surface area contributed by atoms with Crippen molar-refractivity contribution in [2.75, 3.05) is 5.32 Å². The van der Waals surface area contributed by atoms with Crippen LogP contribution in [0.3, 0.4) is 0 Å². The van der Waals surface area contributed by atoms with Gasteiger partial charge in [-0.2, -0.15) is 0 Å². The Bertz CT molecular complexity index is 584. The van der Waals surface area contributed by atoms with Crippen molar-refractivity contribution in [2.24, 2.45) is 5.73 Å². The van der Waals surface area contributed by atoms with Crippen LogP contribution in [-0.4, -0.2) is 27.9 Å². The Kier molecular flexibility index (Phi) is 5.69. The average Bonchev–Trinajstić information content (AvgIpc) is 2.33. The van der Waals surface area contributed by atoms with E-state index in [1.807, 2.05) is 0 Å². The van der Waals surface area contributed by atoms with Crippen molar-refractivity contribution in [1.29, 1.82) is 0 Å². The van der Waals surface area contributed by atoms with E-state index in [1.165, 1.54) is 6.07 Å². The Hall–Kier alpha value is -2.35. The fourth-order valence-corrected chi connectivity index (χ4v) is 1.77. The van der Waals surface area contributed by atoms with Gasteiger partial charge in [0.2, 0.25) is 0 Å². The molecule has 0 heterocycles. The Labute approximate surface area is 133 Å². The first-order valence-corrected chi connectivity index (χ1v) is 6.88. The lowest BCUT2D eigenvalue weighted by Gasteiger charge is -2.22. The number of carboxylic acid groups (broad SMARTS) is 1. The molecule has 1 aromatic rings. The number of carbonyl (C=O) groups excluding carboxylic acids is 1. The number of alkyl carbamates (subject to hydrolysis) is 1. The third-order valence-corrected chi connectivity index (χ3v) is 2.50. The molecule has 1 unspecified atom stereocenters. The number of ether oxygens (including phenoxy) is 1. The second-order valence-corrected chi connectivity index (χ2v) is 5.97. The van der Waals surface area contributed by atoms with Crippen LogP contribution in [0, 0.1) is 0 Å². The minimum atomic E-state index is -1.25. The van der Waals surface area contributed by atoms with Crippen LogP contribution in [0.2, 0.25) is 0 Å². The SMILES string of the molecule is CC(C)(C)OC(=O)NC(C(=O)O)c1cccc(NC(N)=S)c1. The molecule has 0 radical (unpaired) electrons. The summed E-state index contributed by atoms with van der Waals surface area (Å²) < 4.78 is 5.06. The summed E-state index contributed by atoms with van der Waals surface area (Å²) in [7, 11) is 0. The van der Waals surface area contributed by atoms with Crippen molar-refractivity contribution in [3.05, 3.63) is 29.8 Å². The molecule has 5 N–H and O–H groups in total. The smallest absolute Gasteiger partial charge is 0.408 e. The number of nitrogens with one attached hydrogen (secondary N) is 2. The second-order valence-electron chi connectivity index (χ2n) is 5.53. The van der Waals surface area contributed by atoms with E-state index in [0.717, 1.165) is 0 Å². The number of carbonyl (C=O) groups is 2. The maximum Gasteiger partial charge on any atom is 0.408 e. The summed E-state index contributed by atoms with van der Waals surface area (Å²) in [6.45, 7) is 5.07. The summed E-state index contributed by atoms with van der Waals surface area (Å²) in [5.41, 5.74) is 5.55. The zero-order valence-electron chi connectivity index (χ0n) is 12.5. The minimum absolute atomic E-state index is 0.0594. The van der Waals surface area contributed by atoms with Crippen molar-refractivity contribution in [2.45, 2.75) is 32.4 Å². The van der Waals surface area contributed by atoms with E-state index in [4.69, 9.17) is 22.7 Å². The number of benzene rings is 1. The van der Waals surface area contributed by atoms with Crippen molar-refractivity contribution < 1.29 is 19.4 Å². The van der Waals surface area contributed by atoms with Crippen LogP contribution < -0.4 is 16.4 Å². The van der Waals surface area contributed by atoms with E-state index in [2.05, 4.69) is 10.6 Å². The van der Waals surface area contributed by atoms with E-state index in [1.54, 1.807) is 39.0 Å². The Morgan fingerprint density at radius 1 is 1.36 bits per heavy atom. The van der Waals surface area contributed by atoms with Crippen LogP contribution in [-0.2, 0) is 9.53 Å². The van der Waals surface area contributed by atoms with Gasteiger partial charge in [-0.3, -0.25) is 0 Å². The number of thiocarbonyl (C=S) groups is 1. The van der Waals surface area contributed by atoms with Gasteiger partial charge in [-0.15, -0.1) is 0 Å². The fraction of sp³-hybridized carbons (Fsp3) is 0.357. The van der Waals surface area contributed by atoms with Crippen molar-refractivity contribution in [3.63, 3.8) is 0 Å². The number of rotatable bonds is 4. The molecule has 0 spiro atoms. The lowest BCUT2D eigenvalue weighted by molar-refractivity contribution is -0.139. The van der Waals surface area contributed by atoms with Crippen LogP contribution in [0.1, 0.15) is 32.4 Å². The highest BCUT2D eigenvalue weighted by Gasteiger charge is 2.25. The zero-order chi connectivity index (χ0) is 16.9. The van der Waals surface area contributed by atoms with Crippen LogP contribution in [0.4, 0.5) is 10.5 Å². The Balaban J connectivity index is 2.94. The number of nitrogens with two attached hydrogens (primary N) is 1. The highest BCUT2D eigenvalue weighted by Crippen LogP contribution is 2.19. The van der Waals surface area contributed by atoms with E-state index in [0.29, 0.717) is 11.3 Å². The van der Waals surface area contributed by atoms with Crippen molar-refractivity contribution in [3.8, 4) is 0 Å². The van der Waals surface area contributed by atoms with Gasteiger partial charge in [0.1, 0.15) is 5.60 Å². The summed E-state index contributed by atoms with van der Waals surface area (Å²) in [5, 5.41) is 14.4. The first-order chi connectivity index (χ1) is 10.1. The van der Waals surface area contributed by atoms with Crippen LogP contribution in [0.25, 0.3) is 0 Å². The van der Waals surface area contributed by atoms with E-state index in [9.17, 15) is 14.7 Å². The molecule has 8 heteroatoms. The van der Waals surface area contributed by atoms with Crippen LogP contribution >= 0.6 is 12.2 Å². The largest absolute Gasteiger partial charge is 0.479 e. The topological polar surface area (TPSA) is 114 Å². The molecule has 0 aliphatic rings. The average molecular weight is 325 g/mol. The third kappa shape index (κ3) is 5.96. The lowest BCUT2D eigenvalue weighted by atomic mass is 10.1. The summed E-state index contributed by atoms with van der Waals surface area (Å²) in [5.74, 6) is -1.21. The molecule has 0 aromatic heterocycles. The number of hydrogen-bond donors (Lipinski definition) is 4. The summed E-state index contributed by atoms with van der Waals surface area (Å²) in [6, 6.07) is 5.16. The van der Waals surface area contributed by atoms with E-state index < -0.39 is 23.7 Å². The Morgan fingerprint density at radius 3 is 2.50 bits per heavy atom. The van der Waals surface area contributed by atoms with Gasteiger partial charge in [-0.1, -0.05) is 12.1 Å². The minimum Gasteiger partial charge on any atom is -0.479 e. The molecule has 1 aromatic carbocycles. The zero-order valence-corrected chi connectivity index (χ0v) is 13.4. The lowest BCUT2D eigenvalue weighted by Crippen LogP contribution is -2.38. The highest BCUT2D eigenvalue weighted by molar-refractivity contribution is 7.80. The van der Waals surface area contributed by atoms with Crippen molar-refractivity contribution >= 4 is 35.1 Å². The van der Waals surface area contributed by atoms with Gasteiger partial charge in [-0.25, -0.2) is 9.59 Å². The van der Waals surface area contributed by atoms with Crippen LogP contribution in [0.15, 0.2) is 24.3 Å². The maximum atomic E-state index is 11.8. The summed E-state index contributed by atoms with van der Waals surface area (Å²) in [4.78, 5) is 23.1.